The summed E-state index contributed by atoms with van der Waals surface area (Å²) in [6.07, 6.45) is 2.45. The molecule has 3 aliphatic rings. The molecule has 3 aliphatic heterocycles. The molecule has 0 aromatic rings. The highest BCUT2D eigenvalue weighted by molar-refractivity contribution is 8.01. The van der Waals surface area contributed by atoms with Crippen molar-refractivity contribution < 1.29 is 39.4 Å². The van der Waals surface area contributed by atoms with E-state index in [-0.39, 0.29) is 65.8 Å². The van der Waals surface area contributed by atoms with Gasteiger partial charge < -0.3 is 39.4 Å². The summed E-state index contributed by atoms with van der Waals surface area (Å²) in [5.41, 5.74) is -0.232. The molecule has 0 aromatic heterocycles. The third kappa shape index (κ3) is 7.20. The van der Waals surface area contributed by atoms with E-state index in [1.54, 1.807) is 30.6 Å². The van der Waals surface area contributed by atoms with E-state index in [4.69, 9.17) is 18.9 Å². The van der Waals surface area contributed by atoms with Crippen LogP contribution in [0.25, 0.3) is 0 Å². The molecule has 4 N–H and O–H groups in total. The van der Waals surface area contributed by atoms with Gasteiger partial charge in [-0.2, -0.15) is 0 Å². The van der Waals surface area contributed by atoms with Crippen LogP contribution in [0.15, 0.2) is 0 Å². The van der Waals surface area contributed by atoms with E-state index in [1.165, 1.54) is 0 Å². The minimum Gasteiger partial charge on any atom is -0.394 e. The Hall–Kier alpha value is 0.380. The van der Waals surface area contributed by atoms with Gasteiger partial charge in [-0.25, -0.2) is 0 Å². The van der Waals surface area contributed by atoms with Crippen molar-refractivity contribution in [2.45, 2.75) is 90.6 Å². The summed E-state index contributed by atoms with van der Waals surface area (Å²) < 4.78 is 23.0. The standard InChI is InChI=1S/C19H34O8S2/c1-24-17-6-15(4-13(9-21)25-17)28-19-7-16(5-14(10-22)27-19)29-18-3-11(23)2-12(8-20)26-18/h11-23H,2-10H2,1H3. The summed E-state index contributed by atoms with van der Waals surface area (Å²) in [5, 5.41) is 39.1. The maximum atomic E-state index is 10.1. The van der Waals surface area contributed by atoms with E-state index in [2.05, 4.69) is 0 Å². The summed E-state index contributed by atoms with van der Waals surface area (Å²) >= 11 is 3.39. The molecule has 0 radical (unpaired) electrons. The number of hydrogen-bond acceptors (Lipinski definition) is 10. The van der Waals surface area contributed by atoms with Gasteiger partial charge in [0.2, 0.25) is 0 Å². The van der Waals surface area contributed by atoms with Crippen LogP contribution in [0.2, 0.25) is 0 Å². The van der Waals surface area contributed by atoms with Crippen LogP contribution in [-0.2, 0) is 18.9 Å². The van der Waals surface area contributed by atoms with E-state index in [1.807, 2.05) is 0 Å². The Kier molecular flexibility index (Phi) is 9.82. The SMILES string of the molecule is COC1CC(SC2CC(SC3CC(O)CC(CO)O3)CC(CO)O2)CC(CO)O1. The Labute approximate surface area is 180 Å². The highest BCUT2D eigenvalue weighted by Crippen LogP contribution is 2.42. The van der Waals surface area contributed by atoms with Crippen molar-refractivity contribution in [2.75, 3.05) is 26.9 Å². The number of rotatable bonds is 8. The number of aliphatic hydroxyl groups is 4. The van der Waals surface area contributed by atoms with Crippen molar-refractivity contribution in [1.29, 1.82) is 0 Å². The van der Waals surface area contributed by atoms with Crippen LogP contribution in [0.5, 0.6) is 0 Å². The molecule has 170 valence electrons. The highest BCUT2D eigenvalue weighted by atomic mass is 32.2. The maximum Gasteiger partial charge on any atom is 0.158 e. The van der Waals surface area contributed by atoms with Crippen LogP contribution < -0.4 is 0 Å². The first kappa shape index (κ1) is 24.0. The molecule has 0 amide bonds. The van der Waals surface area contributed by atoms with Crippen molar-refractivity contribution in [3.05, 3.63) is 0 Å². The molecular weight excluding hydrogens is 420 g/mol. The van der Waals surface area contributed by atoms with Gasteiger partial charge in [0.15, 0.2) is 6.29 Å². The molecule has 10 heteroatoms. The second-order valence-electron chi connectivity index (χ2n) is 7.93. The number of thioether (sulfide) groups is 2. The summed E-state index contributed by atoms with van der Waals surface area (Å²) in [6, 6.07) is 0. The monoisotopic (exact) mass is 454 g/mol. The number of ether oxygens (including phenoxy) is 4. The maximum absolute atomic E-state index is 10.1. The van der Waals surface area contributed by atoms with Crippen LogP contribution in [0.1, 0.15) is 38.5 Å². The minimum absolute atomic E-state index is 0.0325. The molecule has 9 unspecified atom stereocenters. The molecule has 3 heterocycles. The molecule has 3 fully saturated rings. The molecule has 9 atom stereocenters. The molecule has 29 heavy (non-hydrogen) atoms. The van der Waals surface area contributed by atoms with Crippen LogP contribution in [0, 0.1) is 0 Å². The normalized spacial score (nSPS) is 44.0. The fourth-order valence-electron chi connectivity index (χ4n) is 4.14. The number of methoxy groups -OCH3 is 1. The van der Waals surface area contributed by atoms with Crippen molar-refractivity contribution in [3.8, 4) is 0 Å². The second-order valence-corrected chi connectivity index (χ2v) is 10.9. The first-order valence-corrected chi connectivity index (χ1v) is 12.2. The van der Waals surface area contributed by atoms with Crippen molar-refractivity contribution >= 4 is 23.5 Å². The third-order valence-electron chi connectivity index (χ3n) is 5.56. The van der Waals surface area contributed by atoms with E-state index in [9.17, 15) is 20.4 Å². The summed E-state index contributed by atoms with van der Waals surface area (Å²) in [4.78, 5) is 0. The Morgan fingerprint density at radius 1 is 0.724 bits per heavy atom. The predicted octanol–water partition coefficient (Wildman–Crippen LogP) is 0.689. The van der Waals surface area contributed by atoms with Gasteiger partial charge in [0.05, 0.1) is 44.2 Å². The first-order chi connectivity index (χ1) is 14.0. The Morgan fingerprint density at radius 3 is 1.83 bits per heavy atom. The smallest absolute Gasteiger partial charge is 0.158 e. The molecule has 0 bridgehead atoms. The zero-order chi connectivity index (χ0) is 20.8. The Balaban J connectivity index is 1.55. The van der Waals surface area contributed by atoms with Crippen molar-refractivity contribution in [3.63, 3.8) is 0 Å². The minimum atomic E-state index is -0.458. The summed E-state index contributed by atoms with van der Waals surface area (Å²) in [6.45, 7) is -0.154. The van der Waals surface area contributed by atoms with Gasteiger partial charge in [0.1, 0.15) is 10.9 Å². The molecule has 0 aromatic carbocycles. The van der Waals surface area contributed by atoms with Crippen LogP contribution >= 0.6 is 23.5 Å². The van der Waals surface area contributed by atoms with E-state index < -0.39 is 6.10 Å². The van der Waals surface area contributed by atoms with Gasteiger partial charge in [0.25, 0.3) is 0 Å². The zero-order valence-corrected chi connectivity index (χ0v) is 18.4. The largest absolute Gasteiger partial charge is 0.394 e. The van der Waals surface area contributed by atoms with E-state index in [0.717, 1.165) is 25.7 Å². The van der Waals surface area contributed by atoms with Gasteiger partial charge in [-0.1, -0.05) is 0 Å². The Bertz CT molecular complexity index is 475. The average Bonchev–Trinajstić information content (AvgIpc) is 2.72. The molecule has 3 rings (SSSR count). The van der Waals surface area contributed by atoms with Crippen molar-refractivity contribution in [1.82, 2.24) is 0 Å². The molecule has 0 aliphatic carbocycles. The lowest BCUT2D eigenvalue weighted by Crippen LogP contribution is -2.41. The fourth-order valence-corrected chi connectivity index (χ4v) is 7.44. The van der Waals surface area contributed by atoms with Gasteiger partial charge in [-0.05, 0) is 19.3 Å². The molecule has 0 spiro atoms. The van der Waals surface area contributed by atoms with Crippen molar-refractivity contribution in [2.24, 2.45) is 0 Å². The lowest BCUT2D eigenvalue weighted by atomic mass is 10.1. The average molecular weight is 455 g/mol. The molecule has 0 saturated carbocycles. The van der Waals surface area contributed by atoms with E-state index in [0.29, 0.717) is 12.8 Å². The van der Waals surface area contributed by atoms with Gasteiger partial charge in [0, 0.05) is 36.9 Å². The first-order valence-electron chi connectivity index (χ1n) is 10.3. The summed E-state index contributed by atoms with van der Waals surface area (Å²) in [7, 11) is 1.61. The lowest BCUT2D eigenvalue weighted by molar-refractivity contribution is -0.186. The topological polar surface area (TPSA) is 118 Å². The number of hydrogen-bond donors (Lipinski definition) is 4. The quantitative estimate of drug-likeness (QED) is 0.417. The fraction of sp³-hybridized carbons (Fsp3) is 1.00. The Morgan fingerprint density at radius 2 is 1.24 bits per heavy atom. The molecule has 8 nitrogen and oxygen atoms in total. The van der Waals surface area contributed by atoms with Gasteiger partial charge in [-0.3, -0.25) is 0 Å². The zero-order valence-electron chi connectivity index (χ0n) is 16.8. The predicted molar refractivity (Wildman–Crippen MR) is 111 cm³/mol. The van der Waals surface area contributed by atoms with Gasteiger partial charge >= 0.3 is 0 Å². The van der Waals surface area contributed by atoms with Gasteiger partial charge in [-0.15, -0.1) is 23.5 Å². The molecular formula is C19H34O8S2. The van der Waals surface area contributed by atoms with Crippen LogP contribution in [0.3, 0.4) is 0 Å². The molecule has 3 saturated heterocycles. The third-order valence-corrected chi connectivity index (χ3v) is 8.31. The summed E-state index contributed by atoms with van der Waals surface area (Å²) in [5.74, 6) is 0. The van der Waals surface area contributed by atoms with Crippen LogP contribution in [-0.4, -0.2) is 99.4 Å². The van der Waals surface area contributed by atoms with E-state index >= 15 is 0 Å². The highest BCUT2D eigenvalue weighted by Gasteiger charge is 2.38. The lowest BCUT2D eigenvalue weighted by Gasteiger charge is -2.40. The number of aliphatic hydroxyl groups excluding tert-OH is 4. The van der Waals surface area contributed by atoms with Crippen LogP contribution in [0.4, 0.5) is 0 Å². The second kappa shape index (κ2) is 11.8.